The molecule has 1 fully saturated rings. The molecule has 3 nitrogen and oxygen atoms in total. The molecule has 94 valence electrons. The largest absolute Gasteiger partial charge is 0.418 e. The fraction of sp³-hybridized carbons (Fsp3) is 0.545. The highest BCUT2D eigenvalue weighted by Crippen LogP contribution is 2.36. The second-order valence-electron chi connectivity index (χ2n) is 4.24. The van der Waals surface area contributed by atoms with E-state index in [1.165, 1.54) is 6.20 Å². The molecule has 2 rings (SSSR count). The van der Waals surface area contributed by atoms with Gasteiger partial charge in [-0.05, 0) is 18.9 Å². The number of hydrogen-bond donors (Lipinski definition) is 1. The van der Waals surface area contributed by atoms with E-state index in [2.05, 4.69) is 4.98 Å². The van der Waals surface area contributed by atoms with Crippen molar-refractivity contribution < 1.29 is 13.2 Å². The molecular formula is C11H14F3N3. The third-order valence-electron chi connectivity index (χ3n) is 2.90. The van der Waals surface area contributed by atoms with Gasteiger partial charge in [0, 0.05) is 25.3 Å². The Kier molecular flexibility index (Phi) is 3.24. The normalized spacial score (nSPS) is 21.6. The van der Waals surface area contributed by atoms with Crippen molar-refractivity contribution in [1.29, 1.82) is 0 Å². The molecule has 2 N–H and O–H groups in total. The molecule has 0 radical (unpaired) electrons. The molecular weight excluding hydrogens is 231 g/mol. The predicted molar refractivity (Wildman–Crippen MR) is 58.7 cm³/mol. The standard InChI is InChI=1S/C11H14F3N3/c12-11(13,14)9-3-4-16-6-10(9)17-5-1-2-8(15)7-17/h3-4,6,8H,1-2,5,7,15H2. The summed E-state index contributed by atoms with van der Waals surface area (Å²) in [4.78, 5) is 5.45. The number of aromatic nitrogens is 1. The molecule has 1 aliphatic rings. The highest BCUT2D eigenvalue weighted by Gasteiger charge is 2.35. The SMILES string of the molecule is NC1CCCN(c2cnccc2C(F)(F)F)C1. The maximum absolute atomic E-state index is 12.8. The van der Waals surface area contributed by atoms with Crippen molar-refractivity contribution in [2.45, 2.75) is 25.1 Å². The zero-order chi connectivity index (χ0) is 12.5. The average Bonchev–Trinajstić information content (AvgIpc) is 2.28. The Labute approximate surface area is 97.4 Å². The molecule has 17 heavy (non-hydrogen) atoms. The highest BCUT2D eigenvalue weighted by molar-refractivity contribution is 5.53. The lowest BCUT2D eigenvalue weighted by molar-refractivity contribution is -0.137. The van der Waals surface area contributed by atoms with E-state index < -0.39 is 11.7 Å². The first-order valence-electron chi connectivity index (χ1n) is 5.50. The van der Waals surface area contributed by atoms with E-state index in [1.54, 1.807) is 4.90 Å². The Morgan fingerprint density at radius 2 is 2.18 bits per heavy atom. The molecule has 0 amide bonds. The fourth-order valence-corrected chi connectivity index (χ4v) is 2.11. The number of alkyl halides is 3. The Morgan fingerprint density at radius 1 is 1.41 bits per heavy atom. The van der Waals surface area contributed by atoms with Crippen LogP contribution < -0.4 is 10.6 Å². The maximum atomic E-state index is 12.8. The van der Waals surface area contributed by atoms with E-state index in [1.807, 2.05) is 0 Å². The van der Waals surface area contributed by atoms with Gasteiger partial charge in [-0.3, -0.25) is 4.98 Å². The Morgan fingerprint density at radius 3 is 2.82 bits per heavy atom. The minimum atomic E-state index is -4.35. The van der Waals surface area contributed by atoms with Gasteiger partial charge in [-0.1, -0.05) is 0 Å². The van der Waals surface area contributed by atoms with Crippen molar-refractivity contribution in [3.63, 3.8) is 0 Å². The summed E-state index contributed by atoms with van der Waals surface area (Å²) in [5.41, 5.74) is 5.28. The van der Waals surface area contributed by atoms with Gasteiger partial charge in [0.1, 0.15) is 0 Å². The van der Waals surface area contributed by atoms with Crippen molar-refractivity contribution in [2.75, 3.05) is 18.0 Å². The molecule has 1 aromatic rings. The second-order valence-corrected chi connectivity index (χ2v) is 4.24. The highest BCUT2D eigenvalue weighted by atomic mass is 19.4. The van der Waals surface area contributed by atoms with Gasteiger partial charge in [-0.15, -0.1) is 0 Å². The van der Waals surface area contributed by atoms with Crippen LogP contribution in [0.15, 0.2) is 18.5 Å². The zero-order valence-electron chi connectivity index (χ0n) is 9.24. The lowest BCUT2D eigenvalue weighted by atomic mass is 10.0. The third-order valence-corrected chi connectivity index (χ3v) is 2.90. The van der Waals surface area contributed by atoms with Crippen molar-refractivity contribution in [3.8, 4) is 0 Å². The van der Waals surface area contributed by atoms with Gasteiger partial charge in [0.25, 0.3) is 0 Å². The summed E-state index contributed by atoms with van der Waals surface area (Å²) >= 11 is 0. The number of hydrogen-bond acceptors (Lipinski definition) is 3. The number of nitrogens with two attached hydrogens (primary N) is 1. The van der Waals surface area contributed by atoms with E-state index in [0.29, 0.717) is 13.1 Å². The molecule has 6 heteroatoms. The smallest absolute Gasteiger partial charge is 0.368 e. The molecule has 1 atom stereocenters. The van der Waals surface area contributed by atoms with Gasteiger partial charge in [0.05, 0.1) is 17.4 Å². The van der Waals surface area contributed by atoms with E-state index in [0.717, 1.165) is 25.1 Å². The summed E-state index contributed by atoms with van der Waals surface area (Å²) in [5, 5.41) is 0. The number of anilines is 1. The summed E-state index contributed by atoms with van der Waals surface area (Å²) < 4.78 is 38.4. The van der Waals surface area contributed by atoms with E-state index >= 15 is 0 Å². The van der Waals surface area contributed by atoms with Crippen LogP contribution in [-0.4, -0.2) is 24.1 Å². The molecule has 1 aromatic heterocycles. The molecule has 0 aromatic carbocycles. The topological polar surface area (TPSA) is 42.1 Å². The van der Waals surface area contributed by atoms with Gasteiger partial charge in [-0.25, -0.2) is 0 Å². The van der Waals surface area contributed by atoms with Crippen molar-refractivity contribution >= 4 is 5.69 Å². The van der Waals surface area contributed by atoms with Gasteiger partial charge in [-0.2, -0.15) is 13.2 Å². The number of halogens is 3. The lowest BCUT2D eigenvalue weighted by Crippen LogP contribution is -2.43. The lowest BCUT2D eigenvalue weighted by Gasteiger charge is -2.33. The van der Waals surface area contributed by atoms with Crippen LogP contribution in [-0.2, 0) is 6.18 Å². The first kappa shape index (κ1) is 12.2. The summed E-state index contributed by atoms with van der Waals surface area (Å²) in [6.45, 7) is 1.05. The quantitative estimate of drug-likeness (QED) is 0.823. The summed E-state index contributed by atoms with van der Waals surface area (Å²) in [6, 6.07) is 0.945. The van der Waals surface area contributed by atoms with Crippen LogP contribution in [0.4, 0.5) is 18.9 Å². The maximum Gasteiger partial charge on any atom is 0.418 e. The molecule has 1 saturated heterocycles. The Balaban J connectivity index is 2.31. The Bertz CT molecular complexity index is 392. The van der Waals surface area contributed by atoms with Gasteiger partial charge in [0.2, 0.25) is 0 Å². The van der Waals surface area contributed by atoms with E-state index in [9.17, 15) is 13.2 Å². The van der Waals surface area contributed by atoms with Crippen LogP contribution in [0.2, 0.25) is 0 Å². The molecule has 1 aliphatic heterocycles. The monoisotopic (exact) mass is 245 g/mol. The van der Waals surface area contributed by atoms with Gasteiger partial charge in [0.15, 0.2) is 0 Å². The first-order chi connectivity index (χ1) is 7.98. The van der Waals surface area contributed by atoms with Crippen LogP contribution in [0.3, 0.4) is 0 Å². The molecule has 1 unspecified atom stereocenters. The number of rotatable bonds is 1. The predicted octanol–water partition coefficient (Wildman–Crippen LogP) is 2.03. The van der Waals surface area contributed by atoms with Crippen LogP contribution in [0.25, 0.3) is 0 Å². The number of nitrogens with zero attached hydrogens (tertiary/aromatic N) is 2. The van der Waals surface area contributed by atoms with Crippen LogP contribution >= 0.6 is 0 Å². The van der Waals surface area contributed by atoms with Crippen molar-refractivity contribution in [3.05, 3.63) is 24.0 Å². The molecule has 0 spiro atoms. The van der Waals surface area contributed by atoms with Gasteiger partial charge >= 0.3 is 6.18 Å². The number of piperidine rings is 1. The summed E-state index contributed by atoms with van der Waals surface area (Å²) in [5.74, 6) is 0. The van der Waals surface area contributed by atoms with E-state index in [4.69, 9.17) is 5.73 Å². The van der Waals surface area contributed by atoms with Crippen LogP contribution in [0.1, 0.15) is 18.4 Å². The first-order valence-corrected chi connectivity index (χ1v) is 5.50. The van der Waals surface area contributed by atoms with Crippen molar-refractivity contribution in [2.24, 2.45) is 5.73 Å². The van der Waals surface area contributed by atoms with Crippen LogP contribution in [0, 0.1) is 0 Å². The van der Waals surface area contributed by atoms with Gasteiger partial charge < -0.3 is 10.6 Å². The third kappa shape index (κ3) is 2.69. The molecule has 0 saturated carbocycles. The molecule has 2 heterocycles. The van der Waals surface area contributed by atoms with Crippen LogP contribution in [0.5, 0.6) is 0 Å². The fourth-order valence-electron chi connectivity index (χ4n) is 2.11. The van der Waals surface area contributed by atoms with E-state index in [-0.39, 0.29) is 11.7 Å². The molecule has 0 bridgehead atoms. The number of pyridine rings is 1. The summed E-state index contributed by atoms with van der Waals surface area (Å²) in [7, 11) is 0. The van der Waals surface area contributed by atoms with Crippen molar-refractivity contribution in [1.82, 2.24) is 4.98 Å². The minimum absolute atomic E-state index is 0.0648. The Hall–Kier alpha value is -1.30. The second kappa shape index (κ2) is 4.52. The zero-order valence-corrected chi connectivity index (χ0v) is 9.24. The minimum Gasteiger partial charge on any atom is -0.368 e. The molecule has 0 aliphatic carbocycles. The average molecular weight is 245 g/mol. The summed E-state index contributed by atoms with van der Waals surface area (Å²) in [6.07, 6.45) is -0.248.